The lowest BCUT2D eigenvalue weighted by atomic mass is 10.1. The molecule has 1 amide bonds. The number of nitrogens with two attached hydrogens (primary N) is 2. The van der Waals surface area contributed by atoms with Gasteiger partial charge in [-0.2, -0.15) is 0 Å². The van der Waals surface area contributed by atoms with Crippen molar-refractivity contribution in [3.8, 4) is 0 Å². The van der Waals surface area contributed by atoms with Crippen molar-refractivity contribution in [2.24, 2.45) is 11.5 Å². The average molecular weight is 241 g/mol. The topological polar surface area (TPSA) is 106 Å². The zero-order valence-corrected chi connectivity index (χ0v) is 10.0. The molecule has 1 heterocycles. The van der Waals surface area contributed by atoms with E-state index in [0.29, 0.717) is 0 Å². The maximum atomic E-state index is 11.7. The molecule has 0 aromatic heterocycles. The van der Waals surface area contributed by atoms with Crippen molar-refractivity contribution in [1.29, 1.82) is 0 Å². The number of primary amides is 1. The van der Waals surface area contributed by atoms with E-state index >= 15 is 0 Å². The summed E-state index contributed by atoms with van der Waals surface area (Å²) < 4.78 is 0. The molecule has 2 unspecified atom stereocenters. The Balaban J connectivity index is 2.50. The Morgan fingerprint density at radius 3 is 2.59 bits per heavy atom. The van der Waals surface area contributed by atoms with E-state index in [-0.39, 0.29) is 30.6 Å². The molecular weight excluding hydrogens is 222 g/mol. The molecule has 2 atom stereocenters. The molecule has 96 valence electrons. The van der Waals surface area contributed by atoms with Gasteiger partial charge in [0.2, 0.25) is 5.91 Å². The number of hydrogen-bond acceptors (Lipinski definition) is 5. The van der Waals surface area contributed by atoms with Crippen molar-refractivity contribution in [3.05, 3.63) is 0 Å². The third-order valence-electron chi connectivity index (χ3n) is 3.03. The molecule has 0 aromatic rings. The van der Waals surface area contributed by atoms with Gasteiger partial charge < -0.3 is 11.5 Å². The SMILES string of the molecule is CC(=O)C1CCCN1CC(=O)C(N)CC(N)=O. The van der Waals surface area contributed by atoms with Crippen LogP contribution in [-0.4, -0.2) is 47.5 Å². The normalized spacial score (nSPS) is 22.4. The molecule has 6 nitrogen and oxygen atoms in total. The molecule has 1 aliphatic rings. The van der Waals surface area contributed by atoms with Gasteiger partial charge in [-0.1, -0.05) is 0 Å². The van der Waals surface area contributed by atoms with E-state index in [9.17, 15) is 14.4 Å². The summed E-state index contributed by atoms with van der Waals surface area (Å²) in [4.78, 5) is 35.5. The zero-order valence-electron chi connectivity index (χ0n) is 10.0. The third kappa shape index (κ3) is 3.90. The van der Waals surface area contributed by atoms with Crippen LogP contribution in [0.3, 0.4) is 0 Å². The number of carbonyl (C=O) groups excluding carboxylic acids is 3. The molecule has 1 rings (SSSR count). The number of nitrogens with zero attached hydrogens (tertiary/aromatic N) is 1. The van der Waals surface area contributed by atoms with E-state index in [1.165, 1.54) is 6.92 Å². The Hall–Kier alpha value is -1.27. The van der Waals surface area contributed by atoms with Crippen molar-refractivity contribution < 1.29 is 14.4 Å². The highest BCUT2D eigenvalue weighted by atomic mass is 16.1. The van der Waals surface area contributed by atoms with Gasteiger partial charge in [0.25, 0.3) is 0 Å². The highest BCUT2D eigenvalue weighted by molar-refractivity contribution is 5.91. The summed E-state index contributed by atoms with van der Waals surface area (Å²) >= 11 is 0. The fourth-order valence-electron chi connectivity index (χ4n) is 2.12. The number of Topliss-reactive ketones (excluding diaryl/α,β-unsaturated/α-hetero) is 2. The van der Waals surface area contributed by atoms with Gasteiger partial charge in [0.15, 0.2) is 5.78 Å². The largest absolute Gasteiger partial charge is 0.370 e. The van der Waals surface area contributed by atoms with Gasteiger partial charge in [0.1, 0.15) is 5.78 Å². The second-order valence-corrected chi connectivity index (χ2v) is 4.48. The Labute approximate surface area is 100 Å². The number of carbonyl (C=O) groups is 3. The summed E-state index contributed by atoms with van der Waals surface area (Å²) in [5, 5.41) is 0. The van der Waals surface area contributed by atoms with Crippen LogP contribution in [0.5, 0.6) is 0 Å². The quantitative estimate of drug-likeness (QED) is 0.608. The van der Waals surface area contributed by atoms with Crippen LogP contribution in [0.25, 0.3) is 0 Å². The third-order valence-corrected chi connectivity index (χ3v) is 3.03. The lowest BCUT2D eigenvalue weighted by molar-refractivity contribution is -0.127. The summed E-state index contributed by atoms with van der Waals surface area (Å²) in [6.45, 7) is 2.37. The minimum Gasteiger partial charge on any atom is -0.370 e. The van der Waals surface area contributed by atoms with Crippen LogP contribution >= 0.6 is 0 Å². The lowest BCUT2D eigenvalue weighted by Gasteiger charge is -2.22. The summed E-state index contributed by atoms with van der Waals surface area (Å²) in [6.07, 6.45) is 1.55. The molecule has 0 aromatic carbocycles. The molecule has 4 N–H and O–H groups in total. The molecular formula is C11H19N3O3. The van der Waals surface area contributed by atoms with E-state index in [1.54, 1.807) is 0 Å². The number of amides is 1. The molecule has 1 saturated heterocycles. The second-order valence-electron chi connectivity index (χ2n) is 4.48. The number of ketones is 2. The average Bonchev–Trinajstić information content (AvgIpc) is 2.64. The molecule has 17 heavy (non-hydrogen) atoms. The van der Waals surface area contributed by atoms with E-state index in [0.717, 1.165) is 19.4 Å². The van der Waals surface area contributed by atoms with Crippen molar-refractivity contribution in [3.63, 3.8) is 0 Å². The molecule has 0 bridgehead atoms. The van der Waals surface area contributed by atoms with E-state index in [4.69, 9.17) is 11.5 Å². The van der Waals surface area contributed by atoms with Crippen molar-refractivity contribution in [1.82, 2.24) is 4.90 Å². The van der Waals surface area contributed by atoms with Crippen LogP contribution in [0, 0.1) is 0 Å². The highest BCUT2D eigenvalue weighted by Gasteiger charge is 2.30. The molecule has 1 fully saturated rings. The van der Waals surface area contributed by atoms with Crippen LogP contribution in [0.4, 0.5) is 0 Å². The smallest absolute Gasteiger partial charge is 0.219 e. The van der Waals surface area contributed by atoms with Crippen LogP contribution in [0.2, 0.25) is 0 Å². The van der Waals surface area contributed by atoms with Gasteiger partial charge in [0, 0.05) is 6.42 Å². The van der Waals surface area contributed by atoms with Gasteiger partial charge in [0.05, 0.1) is 18.6 Å². The fourth-order valence-corrected chi connectivity index (χ4v) is 2.12. The Morgan fingerprint density at radius 2 is 2.06 bits per heavy atom. The van der Waals surface area contributed by atoms with Gasteiger partial charge in [-0.25, -0.2) is 0 Å². The predicted octanol–water partition coefficient (Wildman–Crippen LogP) is -1.19. The summed E-state index contributed by atoms with van der Waals surface area (Å²) in [7, 11) is 0. The maximum absolute atomic E-state index is 11.7. The minimum atomic E-state index is -0.860. The minimum absolute atomic E-state index is 0.0683. The number of hydrogen-bond donors (Lipinski definition) is 2. The molecule has 0 radical (unpaired) electrons. The Bertz CT molecular complexity index is 330. The molecule has 0 saturated carbocycles. The summed E-state index contributed by atoms with van der Waals surface area (Å²) in [6, 6.07) is -1.04. The highest BCUT2D eigenvalue weighted by Crippen LogP contribution is 2.17. The molecule has 1 aliphatic heterocycles. The predicted molar refractivity (Wildman–Crippen MR) is 62.1 cm³/mol. The maximum Gasteiger partial charge on any atom is 0.219 e. The van der Waals surface area contributed by atoms with Gasteiger partial charge in [-0.05, 0) is 26.3 Å². The summed E-state index contributed by atoms with van der Waals surface area (Å²) in [5.74, 6) is -0.758. The zero-order chi connectivity index (χ0) is 13.0. The lowest BCUT2D eigenvalue weighted by Crippen LogP contribution is -2.45. The van der Waals surface area contributed by atoms with Gasteiger partial charge >= 0.3 is 0 Å². The van der Waals surface area contributed by atoms with Crippen molar-refractivity contribution >= 4 is 17.5 Å². The van der Waals surface area contributed by atoms with Gasteiger partial charge in [-0.15, -0.1) is 0 Å². The molecule has 6 heteroatoms. The first-order valence-corrected chi connectivity index (χ1v) is 5.73. The van der Waals surface area contributed by atoms with E-state index in [1.807, 2.05) is 4.90 Å². The number of rotatable bonds is 6. The molecule has 0 spiro atoms. The first-order valence-electron chi connectivity index (χ1n) is 5.73. The Kier molecular flexibility index (Phi) is 4.77. The van der Waals surface area contributed by atoms with Crippen LogP contribution in [0.15, 0.2) is 0 Å². The second kappa shape index (κ2) is 5.88. The summed E-state index contributed by atoms with van der Waals surface area (Å²) in [5.41, 5.74) is 10.5. The Morgan fingerprint density at radius 1 is 1.41 bits per heavy atom. The number of likely N-dealkylation sites (tertiary alicyclic amines) is 1. The van der Waals surface area contributed by atoms with E-state index in [2.05, 4.69) is 0 Å². The van der Waals surface area contributed by atoms with Gasteiger partial charge in [-0.3, -0.25) is 19.3 Å². The standard InChI is InChI=1S/C11H19N3O3/c1-7(15)9-3-2-4-14(9)6-10(16)8(12)5-11(13)17/h8-9H,2-6,12H2,1H3,(H2,13,17). The van der Waals surface area contributed by atoms with Crippen LogP contribution in [0.1, 0.15) is 26.2 Å². The van der Waals surface area contributed by atoms with Crippen molar-refractivity contribution in [2.75, 3.05) is 13.1 Å². The first-order chi connectivity index (χ1) is 7.91. The fraction of sp³-hybridized carbons (Fsp3) is 0.727. The van der Waals surface area contributed by atoms with Crippen molar-refractivity contribution in [2.45, 2.75) is 38.3 Å². The monoisotopic (exact) mass is 241 g/mol. The van der Waals surface area contributed by atoms with E-state index < -0.39 is 11.9 Å². The first kappa shape index (κ1) is 13.8. The molecule has 0 aliphatic carbocycles. The van der Waals surface area contributed by atoms with Crippen LogP contribution < -0.4 is 11.5 Å². The van der Waals surface area contributed by atoms with Crippen LogP contribution in [-0.2, 0) is 14.4 Å².